The molecule has 0 amide bonds. The first-order valence-corrected chi connectivity index (χ1v) is 7.86. The molecule has 1 fully saturated rings. The Morgan fingerprint density at radius 3 is 3.09 bits per heavy atom. The number of H-pyrrole nitrogens is 1. The number of nitrogens with one attached hydrogen (secondary N) is 2. The second-order valence-electron chi connectivity index (χ2n) is 5.63. The van der Waals surface area contributed by atoms with E-state index in [1.165, 1.54) is 0 Å². The lowest BCUT2D eigenvalue weighted by Gasteiger charge is -2.33. The van der Waals surface area contributed by atoms with Crippen LogP contribution in [-0.2, 0) is 13.0 Å². The number of piperidine rings is 1. The summed E-state index contributed by atoms with van der Waals surface area (Å²) in [5.41, 5.74) is -0.123. The highest BCUT2D eigenvalue weighted by atomic mass is 16.3. The molecule has 1 aliphatic rings. The van der Waals surface area contributed by atoms with Gasteiger partial charge in [-0.3, -0.25) is 4.79 Å². The minimum atomic E-state index is -0.123. The van der Waals surface area contributed by atoms with E-state index in [0.717, 1.165) is 50.4 Å². The van der Waals surface area contributed by atoms with Crippen LogP contribution in [0.15, 0.2) is 33.7 Å². The van der Waals surface area contributed by atoms with E-state index >= 15 is 0 Å². The van der Waals surface area contributed by atoms with E-state index in [1.807, 2.05) is 12.1 Å². The molecule has 1 aliphatic heterocycles. The third kappa shape index (κ3) is 3.39. The zero-order valence-corrected chi connectivity index (χ0v) is 12.8. The van der Waals surface area contributed by atoms with Gasteiger partial charge in [-0.15, -0.1) is 0 Å². The Kier molecular flexibility index (Phi) is 4.58. The average Bonchev–Trinajstić information content (AvgIpc) is 3.02. The number of hydrogen-bond acceptors (Lipinski definition) is 5. The predicted molar refractivity (Wildman–Crippen MR) is 85.0 cm³/mol. The van der Waals surface area contributed by atoms with Crippen molar-refractivity contribution in [2.75, 3.05) is 18.0 Å². The number of furan rings is 1. The number of anilines is 1. The van der Waals surface area contributed by atoms with E-state index in [2.05, 4.69) is 27.1 Å². The molecule has 22 heavy (non-hydrogen) atoms. The summed E-state index contributed by atoms with van der Waals surface area (Å²) in [7, 11) is 0. The Bertz CT molecular complexity index is 664. The van der Waals surface area contributed by atoms with Gasteiger partial charge in [-0.25, -0.2) is 4.98 Å². The largest absolute Gasteiger partial charge is 0.465 e. The van der Waals surface area contributed by atoms with Crippen molar-refractivity contribution in [3.05, 3.63) is 46.4 Å². The molecule has 0 aliphatic carbocycles. The topological polar surface area (TPSA) is 74.2 Å². The molecule has 1 unspecified atom stereocenters. The number of hydrogen-bond donors (Lipinski definition) is 2. The van der Waals surface area contributed by atoms with Crippen molar-refractivity contribution in [1.29, 1.82) is 0 Å². The quantitative estimate of drug-likeness (QED) is 0.879. The Morgan fingerprint density at radius 2 is 2.32 bits per heavy atom. The second-order valence-corrected chi connectivity index (χ2v) is 5.63. The molecule has 6 heteroatoms. The maximum atomic E-state index is 11.8. The lowest BCUT2D eigenvalue weighted by Crippen LogP contribution is -2.47. The summed E-state index contributed by atoms with van der Waals surface area (Å²) in [6.07, 6.45) is 6.25. The predicted octanol–water partition coefficient (Wildman–Crippen LogP) is 1.68. The van der Waals surface area contributed by atoms with Crippen molar-refractivity contribution in [2.45, 2.75) is 38.8 Å². The van der Waals surface area contributed by atoms with Crippen molar-refractivity contribution in [1.82, 2.24) is 15.3 Å². The summed E-state index contributed by atoms with van der Waals surface area (Å²) in [4.78, 5) is 20.8. The number of aromatic nitrogens is 2. The zero-order chi connectivity index (χ0) is 15.4. The molecule has 2 aromatic heterocycles. The van der Waals surface area contributed by atoms with Gasteiger partial charge in [0.15, 0.2) is 5.82 Å². The van der Waals surface area contributed by atoms with Crippen molar-refractivity contribution >= 4 is 5.82 Å². The molecule has 0 spiro atoms. The van der Waals surface area contributed by atoms with Gasteiger partial charge in [-0.05, 0) is 25.0 Å². The monoisotopic (exact) mass is 302 g/mol. The molecular formula is C16H22N4O2. The summed E-state index contributed by atoms with van der Waals surface area (Å²) in [6, 6.07) is 4.39. The maximum absolute atomic E-state index is 11.8. The van der Waals surface area contributed by atoms with Crippen LogP contribution in [-0.4, -0.2) is 29.1 Å². The number of rotatable bonds is 5. The van der Waals surface area contributed by atoms with Crippen LogP contribution in [0.2, 0.25) is 0 Å². The molecule has 3 heterocycles. The van der Waals surface area contributed by atoms with Crippen molar-refractivity contribution in [3.8, 4) is 0 Å². The lowest BCUT2D eigenvalue weighted by molar-refractivity contribution is 0.386. The molecule has 1 atom stereocenters. The van der Waals surface area contributed by atoms with Crippen LogP contribution in [0.1, 0.15) is 31.3 Å². The Labute approximate surface area is 129 Å². The average molecular weight is 302 g/mol. The molecule has 0 saturated carbocycles. The minimum Gasteiger partial charge on any atom is -0.465 e. The van der Waals surface area contributed by atoms with Crippen LogP contribution >= 0.6 is 0 Å². The second kappa shape index (κ2) is 6.79. The highest BCUT2D eigenvalue weighted by Crippen LogP contribution is 2.15. The van der Waals surface area contributed by atoms with E-state index in [9.17, 15) is 4.79 Å². The summed E-state index contributed by atoms with van der Waals surface area (Å²) in [5, 5.41) is 3.52. The van der Waals surface area contributed by atoms with Crippen LogP contribution < -0.4 is 15.8 Å². The molecule has 3 rings (SSSR count). The smallest absolute Gasteiger partial charge is 0.290 e. The minimum absolute atomic E-state index is 0.123. The molecule has 2 N–H and O–H groups in total. The third-order valence-corrected chi connectivity index (χ3v) is 4.04. The van der Waals surface area contributed by atoms with Gasteiger partial charge in [0.05, 0.1) is 6.54 Å². The van der Waals surface area contributed by atoms with Gasteiger partial charge in [0.2, 0.25) is 0 Å². The van der Waals surface area contributed by atoms with E-state index in [4.69, 9.17) is 4.42 Å². The fourth-order valence-corrected chi connectivity index (χ4v) is 2.86. The molecule has 2 aromatic rings. The number of aromatic amines is 1. The Balaban J connectivity index is 1.59. The van der Waals surface area contributed by atoms with Gasteiger partial charge in [-0.2, -0.15) is 0 Å². The SMILES string of the molecule is CCc1ccc(CNC2CCCN(c3ncc[nH]c3=O)C2)o1. The van der Waals surface area contributed by atoms with Crippen LogP contribution in [0.25, 0.3) is 0 Å². The highest BCUT2D eigenvalue weighted by molar-refractivity contribution is 5.36. The molecule has 0 radical (unpaired) electrons. The van der Waals surface area contributed by atoms with Gasteiger partial charge >= 0.3 is 0 Å². The molecular weight excluding hydrogens is 280 g/mol. The normalized spacial score (nSPS) is 18.6. The van der Waals surface area contributed by atoms with Crippen molar-refractivity contribution < 1.29 is 4.42 Å². The van der Waals surface area contributed by atoms with Crippen LogP contribution in [0.4, 0.5) is 5.82 Å². The van der Waals surface area contributed by atoms with Gasteiger partial charge < -0.3 is 19.6 Å². The van der Waals surface area contributed by atoms with E-state index in [1.54, 1.807) is 12.4 Å². The zero-order valence-electron chi connectivity index (χ0n) is 12.8. The van der Waals surface area contributed by atoms with E-state index in [0.29, 0.717) is 11.9 Å². The highest BCUT2D eigenvalue weighted by Gasteiger charge is 2.22. The Hall–Kier alpha value is -2.08. The molecule has 118 valence electrons. The summed E-state index contributed by atoms with van der Waals surface area (Å²) in [6.45, 7) is 4.47. The molecule has 0 bridgehead atoms. The van der Waals surface area contributed by atoms with Crippen LogP contribution in [0.3, 0.4) is 0 Å². The van der Waals surface area contributed by atoms with Crippen molar-refractivity contribution in [2.24, 2.45) is 0 Å². The van der Waals surface area contributed by atoms with Crippen molar-refractivity contribution in [3.63, 3.8) is 0 Å². The summed E-state index contributed by atoms with van der Waals surface area (Å²) in [5.74, 6) is 2.49. The van der Waals surface area contributed by atoms with Gasteiger partial charge in [0.1, 0.15) is 11.5 Å². The van der Waals surface area contributed by atoms with E-state index < -0.39 is 0 Å². The summed E-state index contributed by atoms with van der Waals surface area (Å²) < 4.78 is 5.71. The fourth-order valence-electron chi connectivity index (χ4n) is 2.86. The first kappa shape index (κ1) is 14.8. The van der Waals surface area contributed by atoms with Crippen LogP contribution in [0, 0.1) is 0 Å². The van der Waals surface area contributed by atoms with E-state index in [-0.39, 0.29) is 5.56 Å². The standard InChI is InChI=1S/C16H22N4O2/c1-2-13-5-6-14(22-13)10-19-12-4-3-9-20(11-12)15-16(21)18-8-7-17-15/h5-8,12,19H,2-4,9-11H2,1H3,(H,18,21). The molecule has 0 aromatic carbocycles. The summed E-state index contributed by atoms with van der Waals surface area (Å²) >= 11 is 0. The number of nitrogens with zero attached hydrogens (tertiary/aromatic N) is 2. The van der Waals surface area contributed by atoms with Gasteiger partial charge in [-0.1, -0.05) is 6.92 Å². The first-order chi connectivity index (χ1) is 10.8. The third-order valence-electron chi connectivity index (χ3n) is 4.04. The van der Waals surface area contributed by atoms with Gasteiger partial charge in [0.25, 0.3) is 5.56 Å². The van der Waals surface area contributed by atoms with Crippen LogP contribution in [0.5, 0.6) is 0 Å². The van der Waals surface area contributed by atoms with Gasteiger partial charge in [0, 0.05) is 37.9 Å². The molecule has 1 saturated heterocycles. The first-order valence-electron chi connectivity index (χ1n) is 7.86. The fraction of sp³-hybridized carbons (Fsp3) is 0.500. The molecule has 6 nitrogen and oxygen atoms in total. The Morgan fingerprint density at radius 1 is 1.45 bits per heavy atom. The lowest BCUT2D eigenvalue weighted by atomic mass is 10.1. The number of aryl methyl sites for hydroxylation is 1. The maximum Gasteiger partial charge on any atom is 0.290 e.